The SMILES string of the molecule is COCCN(C(=O)Cn1nnn(-c2cccs2)c1=O)C1CC1. The number of carbonyl (C=O) groups excluding carboxylic acids is 1. The zero-order valence-corrected chi connectivity index (χ0v) is 13.0. The fourth-order valence-corrected chi connectivity index (χ4v) is 2.88. The molecule has 2 aromatic rings. The largest absolute Gasteiger partial charge is 0.383 e. The van der Waals surface area contributed by atoms with Gasteiger partial charge in [0.05, 0.1) is 6.61 Å². The number of ether oxygens (including phenoxy) is 1. The summed E-state index contributed by atoms with van der Waals surface area (Å²) in [7, 11) is 1.60. The highest BCUT2D eigenvalue weighted by Gasteiger charge is 2.32. The number of carbonyl (C=O) groups is 1. The molecule has 0 aromatic carbocycles. The molecule has 0 bridgehead atoms. The number of rotatable bonds is 7. The van der Waals surface area contributed by atoms with Gasteiger partial charge in [-0.25, -0.2) is 4.79 Å². The maximum absolute atomic E-state index is 12.4. The van der Waals surface area contributed by atoms with E-state index in [0.29, 0.717) is 18.2 Å². The van der Waals surface area contributed by atoms with Crippen LogP contribution in [0.4, 0.5) is 0 Å². The van der Waals surface area contributed by atoms with Crippen LogP contribution in [0.25, 0.3) is 5.00 Å². The highest BCUT2D eigenvalue weighted by Crippen LogP contribution is 2.26. The number of methoxy groups -OCH3 is 1. The van der Waals surface area contributed by atoms with Gasteiger partial charge in [0.25, 0.3) is 0 Å². The number of amides is 1. The summed E-state index contributed by atoms with van der Waals surface area (Å²) in [6.07, 6.45) is 2.01. The summed E-state index contributed by atoms with van der Waals surface area (Å²) in [5.41, 5.74) is -0.404. The van der Waals surface area contributed by atoms with E-state index in [4.69, 9.17) is 4.74 Å². The molecule has 0 atom stereocenters. The van der Waals surface area contributed by atoms with Crippen LogP contribution in [0.15, 0.2) is 22.3 Å². The van der Waals surface area contributed by atoms with Gasteiger partial charge in [0.1, 0.15) is 11.5 Å². The average molecular weight is 323 g/mol. The lowest BCUT2D eigenvalue weighted by Crippen LogP contribution is -2.40. The molecule has 1 saturated carbocycles. The van der Waals surface area contributed by atoms with Crippen molar-refractivity contribution in [2.24, 2.45) is 0 Å². The third-order valence-corrected chi connectivity index (χ3v) is 4.33. The third-order valence-electron chi connectivity index (χ3n) is 3.48. The quantitative estimate of drug-likeness (QED) is 0.723. The standard InChI is InChI=1S/C13H17N5O3S/c1-21-7-6-16(10-4-5-10)11(19)9-17-13(20)18(15-14-17)12-3-2-8-22-12/h2-3,8,10H,4-7,9H2,1H3. The van der Waals surface area contributed by atoms with E-state index in [2.05, 4.69) is 10.4 Å². The Kier molecular flexibility index (Phi) is 4.34. The maximum atomic E-state index is 12.4. The van der Waals surface area contributed by atoms with Crippen LogP contribution >= 0.6 is 11.3 Å². The third kappa shape index (κ3) is 3.09. The molecule has 0 aliphatic heterocycles. The summed E-state index contributed by atoms with van der Waals surface area (Å²) in [5, 5.41) is 10.2. The first-order valence-corrected chi connectivity index (χ1v) is 7.94. The van der Waals surface area contributed by atoms with Gasteiger partial charge >= 0.3 is 5.69 Å². The van der Waals surface area contributed by atoms with Gasteiger partial charge in [-0.3, -0.25) is 4.79 Å². The number of hydrogen-bond acceptors (Lipinski definition) is 6. The second-order valence-electron chi connectivity index (χ2n) is 5.09. The van der Waals surface area contributed by atoms with Gasteiger partial charge in [0.15, 0.2) is 0 Å². The molecular weight excluding hydrogens is 306 g/mol. The average Bonchev–Trinajstić information content (AvgIpc) is 3.07. The minimum Gasteiger partial charge on any atom is -0.383 e. The summed E-state index contributed by atoms with van der Waals surface area (Å²) in [6, 6.07) is 3.88. The van der Waals surface area contributed by atoms with Crippen molar-refractivity contribution >= 4 is 17.2 Å². The lowest BCUT2D eigenvalue weighted by Gasteiger charge is -2.21. The molecule has 1 fully saturated rings. The lowest BCUT2D eigenvalue weighted by molar-refractivity contribution is -0.133. The van der Waals surface area contributed by atoms with Crippen LogP contribution < -0.4 is 5.69 Å². The monoisotopic (exact) mass is 323 g/mol. The van der Waals surface area contributed by atoms with Crippen LogP contribution in [-0.4, -0.2) is 56.9 Å². The molecule has 0 unspecified atom stereocenters. The van der Waals surface area contributed by atoms with Crippen molar-refractivity contribution in [1.82, 2.24) is 24.7 Å². The van der Waals surface area contributed by atoms with Crippen LogP contribution in [0.5, 0.6) is 0 Å². The molecule has 0 radical (unpaired) electrons. The number of tetrazole rings is 1. The molecule has 9 heteroatoms. The Labute approximate surface area is 130 Å². The van der Waals surface area contributed by atoms with Crippen molar-refractivity contribution < 1.29 is 9.53 Å². The molecule has 22 heavy (non-hydrogen) atoms. The van der Waals surface area contributed by atoms with Gasteiger partial charge in [-0.2, -0.15) is 9.36 Å². The second kappa shape index (κ2) is 6.41. The smallest absolute Gasteiger partial charge is 0.369 e. The topological polar surface area (TPSA) is 82.2 Å². The van der Waals surface area contributed by atoms with Crippen molar-refractivity contribution in [2.75, 3.05) is 20.3 Å². The molecule has 0 spiro atoms. The zero-order chi connectivity index (χ0) is 15.5. The number of hydrogen-bond donors (Lipinski definition) is 0. The number of aromatic nitrogens is 4. The molecule has 0 N–H and O–H groups in total. The van der Waals surface area contributed by atoms with Gasteiger partial charge in [-0.15, -0.1) is 11.3 Å². The predicted octanol–water partition coefficient (Wildman–Crippen LogP) is 0.128. The summed E-state index contributed by atoms with van der Waals surface area (Å²) in [5.74, 6) is -0.125. The van der Waals surface area contributed by atoms with E-state index in [1.54, 1.807) is 18.1 Å². The van der Waals surface area contributed by atoms with Crippen LogP contribution in [0.3, 0.4) is 0 Å². The normalized spacial score (nSPS) is 14.2. The van der Waals surface area contributed by atoms with Crippen molar-refractivity contribution in [2.45, 2.75) is 25.4 Å². The summed E-state index contributed by atoms with van der Waals surface area (Å²) in [4.78, 5) is 26.4. The number of nitrogens with zero attached hydrogens (tertiary/aromatic N) is 5. The molecular formula is C13H17N5O3S. The molecule has 118 valence electrons. The van der Waals surface area contributed by atoms with Gasteiger partial charge in [-0.1, -0.05) is 0 Å². The highest BCUT2D eigenvalue weighted by molar-refractivity contribution is 7.12. The molecule has 1 aliphatic rings. The molecule has 2 aromatic heterocycles. The summed E-state index contributed by atoms with van der Waals surface area (Å²) < 4.78 is 7.34. The highest BCUT2D eigenvalue weighted by atomic mass is 32.1. The van der Waals surface area contributed by atoms with Crippen molar-refractivity contribution in [3.05, 3.63) is 28.0 Å². The van der Waals surface area contributed by atoms with E-state index in [9.17, 15) is 9.59 Å². The summed E-state index contributed by atoms with van der Waals surface area (Å²) in [6.45, 7) is 0.928. The maximum Gasteiger partial charge on any atom is 0.369 e. The Bertz CT molecular complexity index is 689. The van der Waals surface area contributed by atoms with Crippen molar-refractivity contribution in [3.8, 4) is 5.00 Å². The Hall–Kier alpha value is -2.00. The molecule has 3 rings (SSSR count). The van der Waals surface area contributed by atoms with E-state index < -0.39 is 5.69 Å². The van der Waals surface area contributed by atoms with E-state index >= 15 is 0 Å². The van der Waals surface area contributed by atoms with Gasteiger partial charge in [-0.05, 0) is 40.8 Å². The molecule has 2 heterocycles. The predicted molar refractivity (Wildman–Crippen MR) is 80.1 cm³/mol. The van der Waals surface area contributed by atoms with E-state index in [1.165, 1.54) is 16.0 Å². The Morgan fingerprint density at radius 2 is 2.32 bits per heavy atom. The minimum atomic E-state index is -0.404. The van der Waals surface area contributed by atoms with Crippen molar-refractivity contribution in [1.29, 1.82) is 0 Å². The zero-order valence-electron chi connectivity index (χ0n) is 12.2. The Balaban J connectivity index is 1.72. The second-order valence-corrected chi connectivity index (χ2v) is 6.02. The van der Waals surface area contributed by atoms with E-state index in [1.807, 2.05) is 11.4 Å². The van der Waals surface area contributed by atoms with Crippen LogP contribution in [0, 0.1) is 0 Å². The lowest BCUT2D eigenvalue weighted by atomic mass is 10.4. The fraction of sp³-hybridized carbons (Fsp3) is 0.538. The fourth-order valence-electron chi connectivity index (χ4n) is 2.21. The van der Waals surface area contributed by atoms with E-state index in [-0.39, 0.29) is 18.5 Å². The van der Waals surface area contributed by atoms with E-state index in [0.717, 1.165) is 17.5 Å². The van der Waals surface area contributed by atoms with Crippen LogP contribution in [0.2, 0.25) is 0 Å². The first-order valence-electron chi connectivity index (χ1n) is 7.06. The molecule has 1 amide bonds. The Morgan fingerprint density at radius 1 is 1.50 bits per heavy atom. The van der Waals surface area contributed by atoms with Gasteiger partial charge < -0.3 is 9.64 Å². The summed E-state index contributed by atoms with van der Waals surface area (Å²) >= 11 is 1.39. The first kappa shape index (κ1) is 14.9. The molecule has 8 nitrogen and oxygen atoms in total. The Morgan fingerprint density at radius 3 is 2.95 bits per heavy atom. The minimum absolute atomic E-state index is 0.0928. The molecule has 1 aliphatic carbocycles. The van der Waals surface area contributed by atoms with Gasteiger partial charge in [0.2, 0.25) is 5.91 Å². The van der Waals surface area contributed by atoms with Crippen LogP contribution in [0.1, 0.15) is 12.8 Å². The first-order chi connectivity index (χ1) is 10.7. The number of thiophene rings is 1. The van der Waals surface area contributed by atoms with Crippen LogP contribution in [-0.2, 0) is 16.1 Å². The van der Waals surface area contributed by atoms with Crippen molar-refractivity contribution in [3.63, 3.8) is 0 Å². The molecule has 0 saturated heterocycles. The van der Waals surface area contributed by atoms with Gasteiger partial charge in [0, 0.05) is 19.7 Å².